The van der Waals surface area contributed by atoms with E-state index in [1.807, 2.05) is 13.8 Å². The number of halogens is 3. The van der Waals surface area contributed by atoms with Gasteiger partial charge in [0.15, 0.2) is 0 Å². The number of amides is 2. The van der Waals surface area contributed by atoms with Crippen molar-refractivity contribution in [2.45, 2.75) is 19.9 Å². The van der Waals surface area contributed by atoms with Crippen LogP contribution in [-0.4, -0.2) is 38.6 Å². The number of fused-ring (bicyclic) bond motifs is 1. The summed E-state index contributed by atoms with van der Waals surface area (Å²) in [6.07, 6.45) is 3.07. The Balaban J connectivity index is 1.54. The molecule has 1 unspecified atom stereocenters. The van der Waals surface area contributed by atoms with E-state index in [0.717, 1.165) is 18.2 Å². The maximum atomic E-state index is 15.5. The first kappa shape index (κ1) is 23.7. The molecule has 5 rings (SSSR count). The Kier molecular flexibility index (Phi) is 5.82. The van der Waals surface area contributed by atoms with Gasteiger partial charge in [0.25, 0.3) is 0 Å². The molecule has 4 aromatic rings. The molecule has 36 heavy (non-hydrogen) atoms. The maximum absolute atomic E-state index is 15.5. The molecular weight excluding hydrogens is 469 g/mol. The monoisotopic (exact) mass is 494 g/mol. The predicted octanol–water partition coefficient (Wildman–Crippen LogP) is 5.27. The average Bonchev–Trinajstić information content (AvgIpc) is 3.33. The largest absolute Gasteiger partial charge is 0.383 e. The number of aryl methyl sites for hydroxylation is 1. The highest BCUT2D eigenvalue weighted by Gasteiger charge is 2.40. The molecule has 186 valence electrons. The van der Waals surface area contributed by atoms with Crippen LogP contribution in [-0.2, 0) is 7.05 Å². The van der Waals surface area contributed by atoms with Gasteiger partial charge in [-0.3, -0.25) is 4.90 Å². The van der Waals surface area contributed by atoms with E-state index in [0.29, 0.717) is 28.8 Å². The van der Waals surface area contributed by atoms with E-state index in [9.17, 15) is 13.6 Å². The molecule has 0 radical (unpaired) electrons. The highest BCUT2D eigenvalue weighted by atomic mass is 19.1. The molecule has 0 spiro atoms. The zero-order valence-corrected chi connectivity index (χ0v) is 20.0. The minimum absolute atomic E-state index is 0.0553. The molecule has 1 aliphatic heterocycles. The number of benzene rings is 2. The van der Waals surface area contributed by atoms with Gasteiger partial charge in [-0.05, 0) is 42.3 Å². The number of aromatic nitrogens is 3. The van der Waals surface area contributed by atoms with Crippen molar-refractivity contribution in [2.24, 2.45) is 13.0 Å². The summed E-state index contributed by atoms with van der Waals surface area (Å²) >= 11 is 0. The number of anilines is 2. The molecule has 1 saturated heterocycles. The highest BCUT2D eigenvalue weighted by Crippen LogP contribution is 2.38. The second-order valence-electron chi connectivity index (χ2n) is 9.40. The summed E-state index contributed by atoms with van der Waals surface area (Å²) in [6, 6.07) is 6.57. The molecular formula is C26H25F3N6O. The number of nitrogens with two attached hydrogens (primary N) is 1. The van der Waals surface area contributed by atoms with E-state index < -0.39 is 29.5 Å². The first-order valence-corrected chi connectivity index (χ1v) is 11.5. The molecule has 0 saturated carbocycles. The average molecular weight is 495 g/mol. The van der Waals surface area contributed by atoms with Crippen molar-refractivity contribution in [3.05, 3.63) is 71.9 Å². The third kappa shape index (κ3) is 3.92. The number of urea groups is 1. The van der Waals surface area contributed by atoms with Crippen molar-refractivity contribution in [2.75, 3.05) is 23.7 Å². The van der Waals surface area contributed by atoms with Crippen LogP contribution in [0.1, 0.15) is 25.5 Å². The quantitative estimate of drug-likeness (QED) is 0.410. The Hall–Kier alpha value is -4.08. The van der Waals surface area contributed by atoms with Gasteiger partial charge in [-0.1, -0.05) is 13.8 Å². The number of rotatable bonds is 5. The van der Waals surface area contributed by atoms with Crippen molar-refractivity contribution < 1.29 is 18.0 Å². The zero-order chi connectivity index (χ0) is 25.7. The molecule has 2 aromatic carbocycles. The van der Waals surface area contributed by atoms with Crippen LogP contribution >= 0.6 is 0 Å². The van der Waals surface area contributed by atoms with E-state index in [4.69, 9.17) is 5.73 Å². The van der Waals surface area contributed by atoms with Gasteiger partial charge >= 0.3 is 6.03 Å². The maximum Gasteiger partial charge on any atom is 0.325 e. The topological polar surface area (TPSA) is 80.3 Å². The Labute approximate surface area is 206 Å². The van der Waals surface area contributed by atoms with Gasteiger partial charge in [0.2, 0.25) is 0 Å². The van der Waals surface area contributed by atoms with Gasteiger partial charge in [-0.25, -0.2) is 27.9 Å². The van der Waals surface area contributed by atoms with Crippen molar-refractivity contribution in [3.63, 3.8) is 0 Å². The summed E-state index contributed by atoms with van der Waals surface area (Å²) in [5, 5.41) is 0.536. The minimum atomic E-state index is -0.714. The molecule has 7 nitrogen and oxygen atoms in total. The van der Waals surface area contributed by atoms with E-state index in [2.05, 4.69) is 9.97 Å². The summed E-state index contributed by atoms with van der Waals surface area (Å²) in [7, 11) is 1.78. The summed E-state index contributed by atoms with van der Waals surface area (Å²) in [6.45, 7) is 4.26. The van der Waals surface area contributed by atoms with Crippen LogP contribution in [0.5, 0.6) is 0 Å². The predicted molar refractivity (Wildman–Crippen MR) is 132 cm³/mol. The molecule has 0 bridgehead atoms. The summed E-state index contributed by atoms with van der Waals surface area (Å²) < 4.78 is 45.8. The lowest BCUT2D eigenvalue weighted by Gasteiger charge is -2.25. The lowest BCUT2D eigenvalue weighted by Crippen LogP contribution is -2.35. The van der Waals surface area contributed by atoms with Gasteiger partial charge in [-0.2, -0.15) is 0 Å². The highest BCUT2D eigenvalue weighted by molar-refractivity contribution is 6.01. The first-order valence-electron chi connectivity index (χ1n) is 11.5. The van der Waals surface area contributed by atoms with E-state index in [1.165, 1.54) is 22.2 Å². The number of hydrogen-bond acceptors (Lipinski definition) is 4. The molecule has 1 atom stereocenters. The van der Waals surface area contributed by atoms with E-state index in [-0.39, 0.29) is 29.4 Å². The molecule has 2 N–H and O–H groups in total. The molecule has 0 aliphatic carbocycles. The Morgan fingerprint density at radius 2 is 1.83 bits per heavy atom. The third-order valence-electron chi connectivity index (χ3n) is 6.42. The second-order valence-corrected chi connectivity index (χ2v) is 9.40. The zero-order valence-electron chi connectivity index (χ0n) is 20.0. The molecule has 10 heteroatoms. The molecule has 3 heterocycles. The fourth-order valence-corrected chi connectivity index (χ4v) is 4.82. The fourth-order valence-electron chi connectivity index (χ4n) is 4.82. The SMILES string of the molecule is CC(C)CN1C(=O)N(c2ccc(-c3cn(C)c4ncnc(N)c34)c(F)c2)CC1c1cc(F)ccc1F. The fraction of sp³-hybridized carbons (Fsp3) is 0.269. The van der Waals surface area contributed by atoms with Crippen molar-refractivity contribution >= 4 is 28.6 Å². The molecule has 2 aromatic heterocycles. The van der Waals surface area contributed by atoms with E-state index >= 15 is 4.39 Å². The third-order valence-corrected chi connectivity index (χ3v) is 6.42. The number of carbonyl (C=O) groups excluding carboxylic acids is 1. The standard InChI is InChI=1S/C26H25F3N6O/c1-14(2)10-35-22(18-8-15(27)4-7-20(18)28)12-34(26(35)36)16-5-6-17(21(29)9-16)19-11-33(3)25-23(19)24(30)31-13-32-25/h4-9,11,13-14,22H,10,12H2,1-3H3,(H2,30,31,32). The van der Waals surface area contributed by atoms with Crippen molar-refractivity contribution in [1.82, 2.24) is 19.4 Å². The van der Waals surface area contributed by atoms with Crippen LogP contribution in [0.15, 0.2) is 48.9 Å². The van der Waals surface area contributed by atoms with Gasteiger partial charge in [-0.15, -0.1) is 0 Å². The van der Waals surface area contributed by atoms with Gasteiger partial charge < -0.3 is 15.2 Å². The second kappa shape index (κ2) is 8.85. The Bertz CT molecular complexity index is 1480. The van der Waals surface area contributed by atoms with Gasteiger partial charge in [0.1, 0.15) is 35.2 Å². The first-order chi connectivity index (χ1) is 17.2. The van der Waals surface area contributed by atoms with Crippen LogP contribution < -0.4 is 10.6 Å². The van der Waals surface area contributed by atoms with Crippen LogP contribution in [0, 0.1) is 23.4 Å². The van der Waals surface area contributed by atoms with Gasteiger partial charge in [0, 0.05) is 42.2 Å². The molecule has 1 fully saturated rings. The summed E-state index contributed by atoms with van der Waals surface area (Å²) in [5.74, 6) is -1.42. The lowest BCUT2D eigenvalue weighted by molar-refractivity contribution is 0.196. The van der Waals surface area contributed by atoms with Gasteiger partial charge in [0.05, 0.1) is 18.0 Å². The van der Waals surface area contributed by atoms with Crippen LogP contribution in [0.2, 0.25) is 0 Å². The Morgan fingerprint density at radius 3 is 2.56 bits per heavy atom. The number of nitrogens with zero attached hydrogens (tertiary/aromatic N) is 5. The summed E-state index contributed by atoms with van der Waals surface area (Å²) in [5.41, 5.74) is 7.84. The lowest BCUT2D eigenvalue weighted by atomic mass is 10.0. The van der Waals surface area contributed by atoms with Crippen LogP contribution in [0.4, 0.5) is 29.5 Å². The molecule has 1 aliphatic rings. The Morgan fingerprint density at radius 1 is 1.06 bits per heavy atom. The molecule has 2 amide bonds. The normalized spacial score (nSPS) is 16.1. The number of carbonyl (C=O) groups is 1. The van der Waals surface area contributed by atoms with Crippen LogP contribution in [0.3, 0.4) is 0 Å². The van der Waals surface area contributed by atoms with Crippen molar-refractivity contribution in [1.29, 1.82) is 0 Å². The van der Waals surface area contributed by atoms with E-state index in [1.54, 1.807) is 29.9 Å². The minimum Gasteiger partial charge on any atom is -0.383 e. The van der Waals surface area contributed by atoms with Crippen LogP contribution in [0.25, 0.3) is 22.2 Å². The smallest absolute Gasteiger partial charge is 0.325 e. The van der Waals surface area contributed by atoms with Crippen molar-refractivity contribution in [3.8, 4) is 11.1 Å². The summed E-state index contributed by atoms with van der Waals surface area (Å²) in [4.78, 5) is 24.5. The number of nitrogen functional groups attached to an aromatic ring is 1. The number of hydrogen-bond donors (Lipinski definition) is 1.